The van der Waals surface area contributed by atoms with Crippen molar-refractivity contribution in [1.82, 2.24) is 10.7 Å². The smallest absolute Gasteiger partial charge is 0.258 e. The number of nitrogens with zero attached hydrogens (tertiary/aromatic N) is 1. The number of carbonyl (C=O) groups is 2. The third-order valence-electron chi connectivity index (χ3n) is 4.23. The molecule has 0 fully saturated rings. The number of hydrogen-bond donors (Lipinski definition) is 2. The maximum atomic E-state index is 11.9. The minimum atomic E-state index is -0.255. The first kappa shape index (κ1) is 24.7. The van der Waals surface area contributed by atoms with Crippen LogP contribution in [0.25, 0.3) is 0 Å². The molecule has 0 aliphatic carbocycles. The zero-order valence-electron chi connectivity index (χ0n) is 17.4. The van der Waals surface area contributed by atoms with Gasteiger partial charge in [0.2, 0.25) is 5.91 Å². The van der Waals surface area contributed by atoms with Crippen LogP contribution in [0.15, 0.2) is 70.4 Å². The maximum absolute atomic E-state index is 11.9. The second kappa shape index (κ2) is 12.9. The molecule has 0 aliphatic heterocycles. The van der Waals surface area contributed by atoms with Crippen LogP contribution in [0.4, 0.5) is 0 Å². The first-order valence-electron chi connectivity index (χ1n) is 9.86. The minimum Gasteiger partial charge on any atom is -0.484 e. The van der Waals surface area contributed by atoms with Crippen LogP contribution in [0, 0.1) is 0 Å². The van der Waals surface area contributed by atoms with E-state index in [0.717, 1.165) is 11.1 Å². The number of furan rings is 1. The number of ether oxygens (including phenoxy) is 1. The predicted molar refractivity (Wildman–Crippen MR) is 131 cm³/mol. The Kier molecular flexibility index (Phi) is 9.68. The van der Waals surface area contributed by atoms with Crippen LogP contribution in [0.3, 0.4) is 0 Å². The summed E-state index contributed by atoms with van der Waals surface area (Å²) in [5.74, 6) is 1.46. The number of nitrogens with one attached hydrogen (secondary N) is 2. The molecule has 0 radical (unpaired) electrons. The fraction of sp³-hybridized carbons (Fsp3) is 0.174. The lowest BCUT2D eigenvalue weighted by Gasteiger charge is -2.07. The Labute approximate surface area is 205 Å². The van der Waals surface area contributed by atoms with Crippen LogP contribution >= 0.6 is 35.0 Å². The van der Waals surface area contributed by atoms with Gasteiger partial charge < -0.3 is 14.5 Å². The van der Waals surface area contributed by atoms with E-state index < -0.39 is 0 Å². The van der Waals surface area contributed by atoms with Gasteiger partial charge in [0.15, 0.2) is 6.61 Å². The lowest BCUT2D eigenvalue weighted by atomic mass is 10.2. The van der Waals surface area contributed by atoms with Crippen LogP contribution < -0.4 is 15.5 Å². The molecule has 0 saturated heterocycles. The molecule has 0 saturated carbocycles. The largest absolute Gasteiger partial charge is 0.484 e. The SMILES string of the molecule is O=C(COc1ccc(/C=N\NC(=O)CSCc2c(Cl)cccc2Cl)cc1)NCc1ccco1. The Morgan fingerprint density at radius 3 is 2.48 bits per heavy atom. The van der Waals surface area contributed by atoms with Crippen molar-refractivity contribution < 1.29 is 18.7 Å². The third kappa shape index (κ3) is 8.49. The van der Waals surface area contributed by atoms with Crippen LogP contribution in [0.5, 0.6) is 5.75 Å². The molecule has 172 valence electrons. The normalized spacial score (nSPS) is 10.8. The van der Waals surface area contributed by atoms with Crippen LogP contribution in [0.2, 0.25) is 10.0 Å². The van der Waals surface area contributed by atoms with Gasteiger partial charge in [-0.05, 0) is 59.7 Å². The molecule has 0 atom stereocenters. The van der Waals surface area contributed by atoms with Crippen LogP contribution in [0.1, 0.15) is 16.9 Å². The second-order valence-corrected chi connectivity index (χ2v) is 8.50. The van der Waals surface area contributed by atoms with Gasteiger partial charge in [-0.2, -0.15) is 5.10 Å². The van der Waals surface area contributed by atoms with Gasteiger partial charge in [0.25, 0.3) is 5.91 Å². The maximum Gasteiger partial charge on any atom is 0.258 e. The van der Waals surface area contributed by atoms with Gasteiger partial charge in [0.1, 0.15) is 11.5 Å². The first-order chi connectivity index (χ1) is 16.0. The molecular formula is C23H21Cl2N3O4S. The predicted octanol–water partition coefficient (Wildman–Crippen LogP) is 4.67. The topological polar surface area (TPSA) is 92.9 Å². The van der Waals surface area contributed by atoms with Crippen molar-refractivity contribution in [2.24, 2.45) is 5.10 Å². The average Bonchev–Trinajstić information content (AvgIpc) is 3.33. The van der Waals surface area contributed by atoms with Crippen molar-refractivity contribution in [3.05, 3.63) is 87.8 Å². The number of hydrogen-bond acceptors (Lipinski definition) is 6. The molecule has 1 aromatic heterocycles. The average molecular weight is 506 g/mol. The fourth-order valence-electron chi connectivity index (χ4n) is 2.58. The van der Waals surface area contributed by atoms with Gasteiger partial charge in [-0.25, -0.2) is 5.43 Å². The number of carbonyl (C=O) groups excluding carboxylic acids is 2. The molecule has 1 heterocycles. The third-order valence-corrected chi connectivity index (χ3v) is 5.90. The number of rotatable bonds is 11. The Hall–Kier alpha value is -2.94. The summed E-state index contributed by atoms with van der Waals surface area (Å²) >= 11 is 13.6. The van der Waals surface area contributed by atoms with Gasteiger partial charge >= 0.3 is 0 Å². The number of benzene rings is 2. The molecule has 7 nitrogen and oxygen atoms in total. The van der Waals surface area contributed by atoms with Crippen molar-refractivity contribution in [2.45, 2.75) is 12.3 Å². The van der Waals surface area contributed by atoms with Gasteiger partial charge in [-0.15, -0.1) is 11.8 Å². The van der Waals surface area contributed by atoms with Crippen molar-refractivity contribution in [3.8, 4) is 5.75 Å². The van der Waals surface area contributed by atoms with E-state index in [9.17, 15) is 9.59 Å². The van der Waals surface area contributed by atoms with E-state index in [0.29, 0.717) is 33.9 Å². The summed E-state index contributed by atoms with van der Waals surface area (Å²) in [6.45, 7) is 0.198. The van der Waals surface area contributed by atoms with Crippen molar-refractivity contribution in [3.63, 3.8) is 0 Å². The van der Waals surface area contributed by atoms with E-state index in [1.54, 1.807) is 60.9 Å². The number of amides is 2. The molecular weight excluding hydrogens is 485 g/mol. The highest BCUT2D eigenvalue weighted by Crippen LogP contribution is 2.28. The molecule has 0 spiro atoms. The van der Waals surface area contributed by atoms with Crippen molar-refractivity contribution in [2.75, 3.05) is 12.4 Å². The molecule has 3 aromatic rings. The quantitative estimate of drug-likeness (QED) is 0.292. The van der Waals surface area contributed by atoms with E-state index in [-0.39, 0.29) is 24.2 Å². The van der Waals surface area contributed by atoms with E-state index >= 15 is 0 Å². The molecule has 0 unspecified atom stereocenters. The monoisotopic (exact) mass is 505 g/mol. The Morgan fingerprint density at radius 2 is 1.79 bits per heavy atom. The van der Waals surface area contributed by atoms with Gasteiger partial charge in [-0.3, -0.25) is 9.59 Å². The molecule has 0 aliphatic rings. The van der Waals surface area contributed by atoms with E-state index in [4.69, 9.17) is 32.4 Å². The minimum absolute atomic E-state index is 0.110. The summed E-state index contributed by atoms with van der Waals surface area (Å²) in [5, 5.41) is 7.81. The lowest BCUT2D eigenvalue weighted by Crippen LogP contribution is -2.28. The zero-order chi connectivity index (χ0) is 23.5. The summed E-state index contributed by atoms with van der Waals surface area (Å²) in [4.78, 5) is 23.8. The molecule has 33 heavy (non-hydrogen) atoms. The van der Waals surface area contributed by atoms with Crippen LogP contribution in [-0.2, 0) is 21.9 Å². The Morgan fingerprint density at radius 1 is 1.03 bits per heavy atom. The molecule has 2 aromatic carbocycles. The van der Waals surface area contributed by atoms with Gasteiger partial charge in [0.05, 0.1) is 24.8 Å². The summed E-state index contributed by atoms with van der Waals surface area (Å²) in [5.41, 5.74) is 4.05. The Balaban J connectivity index is 1.34. The first-order valence-corrected chi connectivity index (χ1v) is 11.8. The fourth-order valence-corrected chi connectivity index (χ4v) is 4.13. The van der Waals surface area contributed by atoms with Crippen molar-refractivity contribution in [1.29, 1.82) is 0 Å². The van der Waals surface area contributed by atoms with E-state index in [1.807, 2.05) is 0 Å². The summed E-state index contributed by atoms with van der Waals surface area (Å²) in [6.07, 6.45) is 3.07. The highest BCUT2D eigenvalue weighted by atomic mass is 35.5. The van der Waals surface area contributed by atoms with Crippen molar-refractivity contribution >= 4 is 53.0 Å². The number of halogens is 2. The second-order valence-electron chi connectivity index (χ2n) is 6.70. The lowest BCUT2D eigenvalue weighted by molar-refractivity contribution is -0.123. The standard InChI is InChI=1S/C23H21Cl2N3O4S/c24-20-4-1-5-21(25)19(20)14-33-15-23(30)28-27-11-16-6-8-17(9-7-16)32-13-22(29)26-12-18-3-2-10-31-18/h1-11H,12-15H2,(H,26,29)(H,28,30)/b27-11-. The summed E-state index contributed by atoms with van der Waals surface area (Å²) < 4.78 is 10.6. The van der Waals surface area contributed by atoms with Crippen LogP contribution in [-0.4, -0.2) is 30.4 Å². The molecule has 3 rings (SSSR count). The molecule has 2 amide bonds. The summed E-state index contributed by atoms with van der Waals surface area (Å²) in [7, 11) is 0. The zero-order valence-corrected chi connectivity index (χ0v) is 19.8. The Bertz CT molecular complexity index is 1070. The van der Waals surface area contributed by atoms with Gasteiger partial charge in [0, 0.05) is 15.8 Å². The molecule has 0 bridgehead atoms. The molecule has 10 heteroatoms. The highest BCUT2D eigenvalue weighted by Gasteiger charge is 2.07. The van der Waals surface area contributed by atoms with E-state index in [2.05, 4.69) is 15.8 Å². The highest BCUT2D eigenvalue weighted by molar-refractivity contribution is 7.99. The molecule has 2 N–H and O–H groups in total. The summed E-state index contributed by atoms with van der Waals surface area (Å²) in [6, 6.07) is 15.8. The number of thioether (sulfide) groups is 1. The van der Waals surface area contributed by atoms with Gasteiger partial charge in [-0.1, -0.05) is 29.3 Å². The van der Waals surface area contributed by atoms with E-state index in [1.165, 1.54) is 18.0 Å². The number of hydrazone groups is 1.